The summed E-state index contributed by atoms with van der Waals surface area (Å²) in [5, 5.41) is 9.31. The van der Waals surface area contributed by atoms with Gasteiger partial charge in [0, 0.05) is 25.3 Å². The summed E-state index contributed by atoms with van der Waals surface area (Å²) in [4.78, 5) is 22.2. The number of nitrogens with zero attached hydrogens (tertiary/aromatic N) is 1. The fraction of sp³-hybridized carbons (Fsp3) is 0.615. The maximum atomic E-state index is 11.1. The first-order valence-electron chi connectivity index (χ1n) is 6.03. The van der Waals surface area contributed by atoms with E-state index in [1.807, 2.05) is 0 Å². The lowest BCUT2D eigenvalue weighted by atomic mass is 9.78. The van der Waals surface area contributed by atoms with E-state index in [1.54, 1.807) is 6.08 Å². The molecule has 2 aliphatic rings. The second kappa shape index (κ2) is 5.02. The van der Waals surface area contributed by atoms with E-state index in [0.29, 0.717) is 12.8 Å². The number of methoxy groups -OCH3 is 1. The number of carbonyl (C=O) groups is 2. The summed E-state index contributed by atoms with van der Waals surface area (Å²) < 4.78 is 15.3. The Labute approximate surface area is 110 Å². The number of hydrogen-bond donors (Lipinski definition) is 0. The van der Waals surface area contributed by atoms with Crippen LogP contribution in [0, 0.1) is 17.2 Å². The van der Waals surface area contributed by atoms with Gasteiger partial charge in [-0.1, -0.05) is 6.08 Å². The highest BCUT2D eigenvalue weighted by Gasteiger charge is 2.59. The van der Waals surface area contributed by atoms with Crippen molar-refractivity contribution >= 4 is 11.9 Å². The van der Waals surface area contributed by atoms with Gasteiger partial charge in [0.05, 0.1) is 13.2 Å². The largest absolute Gasteiger partial charge is 0.466 e. The lowest BCUT2D eigenvalue weighted by Crippen LogP contribution is -2.46. The van der Waals surface area contributed by atoms with Gasteiger partial charge in [-0.3, -0.25) is 4.79 Å². The van der Waals surface area contributed by atoms with Crippen molar-refractivity contribution in [1.82, 2.24) is 0 Å². The number of carbonyl (C=O) groups excluding carboxylic acids is 2. The molecule has 0 unspecified atom stereocenters. The van der Waals surface area contributed by atoms with Crippen LogP contribution >= 0.6 is 0 Å². The highest BCUT2D eigenvalue weighted by Crippen LogP contribution is 2.47. The zero-order valence-electron chi connectivity index (χ0n) is 10.8. The third kappa shape index (κ3) is 2.47. The Morgan fingerprint density at radius 2 is 2.26 bits per heavy atom. The van der Waals surface area contributed by atoms with Crippen LogP contribution in [0.3, 0.4) is 0 Å². The first-order chi connectivity index (χ1) is 9.00. The van der Waals surface area contributed by atoms with E-state index >= 15 is 0 Å². The van der Waals surface area contributed by atoms with E-state index in [9.17, 15) is 14.9 Å². The standard InChI is InChI=1S/C13H15NO5/c1-8(15)19-13(7-14)6-10-5-9(12(13)18-10)3-4-11(16)17-2/h3-4,9-10,12H,5-6H2,1-2H3/b4-3+/t9-,10+,12-,13+/m1/s1. The van der Waals surface area contributed by atoms with E-state index in [1.165, 1.54) is 20.1 Å². The summed E-state index contributed by atoms with van der Waals surface area (Å²) in [5.41, 5.74) is -1.24. The third-order valence-corrected chi connectivity index (χ3v) is 3.45. The topological polar surface area (TPSA) is 85.6 Å². The molecule has 0 aromatic rings. The summed E-state index contributed by atoms with van der Waals surface area (Å²) in [6.45, 7) is 1.27. The Morgan fingerprint density at radius 3 is 2.79 bits per heavy atom. The minimum absolute atomic E-state index is 0.115. The second-order valence-corrected chi connectivity index (χ2v) is 4.76. The van der Waals surface area contributed by atoms with Crippen molar-refractivity contribution in [1.29, 1.82) is 5.26 Å². The van der Waals surface area contributed by atoms with Crippen LogP contribution in [0.15, 0.2) is 12.2 Å². The van der Waals surface area contributed by atoms with E-state index in [2.05, 4.69) is 10.8 Å². The number of esters is 2. The molecule has 0 amide bonds. The minimum Gasteiger partial charge on any atom is -0.466 e. The molecule has 0 N–H and O–H groups in total. The van der Waals surface area contributed by atoms with Crippen molar-refractivity contribution in [2.75, 3.05) is 7.11 Å². The van der Waals surface area contributed by atoms with E-state index in [-0.39, 0.29) is 12.0 Å². The first-order valence-corrected chi connectivity index (χ1v) is 6.03. The van der Waals surface area contributed by atoms with Gasteiger partial charge in [-0.25, -0.2) is 4.79 Å². The molecule has 0 radical (unpaired) electrons. The molecule has 0 spiro atoms. The van der Waals surface area contributed by atoms with Crippen molar-refractivity contribution in [3.8, 4) is 6.07 Å². The van der Waals surface area contributed by atoms with Gasteiger partial charge >= 0.3 is 11.9 Å². The summed E-state index contributed by atoms with van der Waals surface area (Å²) in [5.74, 6) is -1.09. The Balaban J connectivity index is 2.15. The molecule has 2 fully saturated rings. The van der Waals surface area contributed by atoms with Crippen LogP contribution < -0.4 is 0 Å². The molecular formula is C13H15NO5. The SMILES string of the molecule is COC(=O)/C=C/[C@@H]1C[C@H]2C[C@@](C#N)(OC(C)=O)[C@@H]1O2. The zero-order chi connectivity index (χ0) is 14.0. The quantitative estimate of drug-likeness (QED) is 0.552. The Hall–Kier alpha value is -1.87. The zero-order valence-corrected chi connectivity index (χ0v) is 10.8. The number of ether oxygens (including phenoxy) is 3. The van der Waals surface area contributed by atoms with Gasteiger partial charge in [-0.05, 0) is 6.42 Å². The van der Waals surface area contributed by atoms with Gasteiger partial charge < -0.3 is 14.2 Å². The van der Waals surface area contributed by atoms with Gasteiger partial charge in [0.15, 0.2) is 0 Å². The van der Waals surface area contributed by atoms with Crippen LogP contribution in [-0.2, 0) is 23.8 Å². The molecule has 2 bridgehead atoms. The molecule has 2 saturated heterocycles. The minimum atomic E-state index is -1.24. The van der Waals surface area contributed by atoms with Gasteiger partial charge in [-0.2, -0.15) is 5.26 Å². The van der Waals surface area contributed by atoms with E-state index in [0.717, 1.165) is 0 Å². The van der Waals surface area contributed by atoms with Crippen molar-refractivity contribution < 1.29 is 23.8 Å². The van der Waals surface area contributed by atoms with Crippen molar-refractivity contribution in [3.05, 3.63) is 12.2 Å². The molecule has 2 aliphatic heterocycles. The number of nitriles is 1. The van der Waals surface area contributed by atoms with E-state index in [4.69, 9.17) is 9.47 Å². The van der Waals surface area contributed by atoms with Crippen LogP contribution in [0.2, 0.25) is 0 Å². The first kappa shape index (κ1) is 13.6. The summed E-state index contributed by atoms with van der Waals surface area (Å²) in [6, 6.07) is 2.05. The van der Waals surface area contributed by atoms with Crippen molar-refractivity contribution in [3.63, 3.8) is 0 Å². The molecule has 4 atom stereocenters. The molecule has 2 heterocycles. The lowest BCUT2D eigenvalue weighted by molar-refractivity contribution is -0.156. The normalized spacial score (nSPS) is 36.2. The molecule has 102 valence electrons. The molecule has 6 heteroatoms. The predicted molar refractivity (Wildman–Crippen MR) is 62.7 cm³/mol. The van der Waals surface area contributed by atoms with E-state index < -0.39 is 23.6 Å². The maximum Gasteiger partial charge on any atom is 0.330 e. The van der Waals surface area contributed by atoms with Crippen molar-refractivity contribution in [2.24, 2.45) is 5.92 Å². The molecule has 19 heavy (non-hydrogen) atoms. The molecular weight excluding hydrogens is 250 g/mol. The highest BCUT2D eigenvalue weighted by molar-refractivity contribution is 5.81. The second-order valence-electron chi connectivity index (χ2n) is 4.76. The van der Waals surface area contributed by atoms with Crippen LogP contribution in [0.25, 0.3) is 0 Å². The fourth-order valence-electron chi connectivity index (χ4n) is 2.77. The van der Waals surface area contributed by atoms with Gasteiger partial charge in [0.1, 0.15) is 12.2 Å². The molecule has 6 nitrogen and oxygen atoms in total. The van der Waals surface area contributed by atoms with Gasteiger partial charge in [0.25, 0.3) is 0 Å². The van der Waals surface area contributed by atoms with Crippen LogP contribution in [0.4, 0.5) is 0 Å². The summed E-state index contributed by atoms with van der Waals surface area (Å²) in [7, 11) is 1.29. The summed E-state index contributed by atoms with van der Waals surface area (Å²) >= 11 is 0. The molecule has 0 aromatic heterocycles. The number of fused-ring (bicyclic) bond motifs is 2. The van der Waals surface area contributed by atoms with Gasteiger partial charge in [0.2, 0.25) is 5.60 Å². The molecule has 0 saturated carbocycles. The Morgan fingerprint density at radius 1 is 1.53 bits per heavy atom. The molecule has 0 aliphatic carbocycles. The van der Waals surface area contributed by atoms with Crippen LogP contribution in [0.5, 0.6) is 0 Å². The number of hydrogen-bond acceptors (Lipinski definition) is 6. The molecule has 2 rings (SSSR count). The maximum absolute atomic E-state index is 11.1. The smallest absolute Gasteiger partial charge is 0.330 e. The fourth-order valence-corrected chi connectivity index (χ4v) is 2.77. The van der Waals surface area contributed by atoms with Gasteiger partial charge in [-0.15, -0.1) is 0 Å². The molecule has 0 aromatic carbocycles. The van der Waals surface area contributed by atoms with Crippen molar-refractivity contribution in [2.45, 2.75) is 37.6 Å². The number of rotatable bonds is 3. The van der Waals surface area contributed by atoms with Crippen LogP contribution in [0.1, 0.15) is 19.8 Å². The summed E-state index contributed by atoms with van der Waals surface area (Å²) in [6.07, 6.45) is 3.43. The third-order valence-electron chi connectivity index (χ3n) is 3.45. The van der Waals surface area contributed by atoms with Crippen LogP contribution in [-0.4, -0.2) is 36.9 Å². The lowest BCUT2D eigenvalue weighted by Gasteiger charge is -2.31. The predicted octanol–water partition coefficient (Wildman–Crippen LogP) is 0.718. The average molecular weight is 265 g/mol. The monoisotopic (exact) mass is 265 g/mol. The Bertz CT molecular complexity index is 466. The average Bonchev–Trinajstić information content (AvgIpc) is 2.92. The Kier molecular flexibility index (Phi) is 3.58. The highest BCUT2D eigenvalue weighted by atomic mass is 16.6.